The lowest BCUT2D eigenvalue weighted by molar-refractivity contribution is -0.118. The summed E-state index contributed by atoms with van der Waals surface area (Å²) < 4.78 is 0. The molecule has 1 fully saturated rings. The number of hydrogen-bond donors (Lipinski definition) is 2. The molecular weight excluding hydrogens is 104 g/mol. The van der Waals surface area contributed by atoms with Crippen molar-refractivity contribution in [3.8, 4) is 0 Å². The van der Waals surface area contributed by atoms with E-state index in [-0.39, 0.29) is 0 Å². The normalized spacial score (nSPS) is 22.8. The van der Waals surface area contributed by atoms with Crippen molar-refractivity contribution in [1.82, 2.24) is 10.9 Å². The van der Waals surface area contributed by atoms with Gasteiger partial charge in [-0.05, 0) is 0 Å². The molecule has 0 bridgehead atoms. The van der Waals surface area contributed by atoms with Gasteiger partial charge >= 0.3 is 0 Å². The predicted octanol–water partition coefficient (Wildman–Crippen LogP) is -0.557. The summed E-state index contributed by atoms with van der Waals surface area (Å²) in [5.41, 5.74) is 5.81. The molecule has 8 heavy (non-hydrogen) atoms. The average Bonchev–Trinajstić information content (AvgIpc) is 1.94. The van der Waals surface area contributed by atoms with Crippen LogP contribution in [0, 0.1) is 0 Å². The molecule has 46 valence electrons. The molecule has 0 amide bonds. The quantitative estimate of drug-likeness (QED) is 0.443. The highest BCUT2D eigenvalue weighted by Gasteiger charge is 2.03. The number of ketones is 1. The van der Waals surface area contributed by atoms with Crippen molar-refractivity contribution < 1.29 is 4.79 Å². The molecule has 0 aliphatic carbocycles. The van der Waals surface area contributed by atoms with Gasteiger partial charge in [-0.15, -0.1) is 0 Å². The molecule has 1 heterocycles. The first-order valence-electron chi connectivity index (χ1n) is 2.87. The van der Waals surface area contributed by atoms with E-state index >= 15 is 0 Å². The van der Waals surface area contributed by atoms with E-state index in [2.05, 4.69) is 10.9 Å². The zero-order chi connectivity index (χ0) is 5.82. The summed E-state index contributed by atoms with van der Waals surface area (Å²) in [4.78, 5) is 10.6. The summed E-state index contributed by atoms with van der Waals surface area (Å²) in [5.74, 6) is 0.350. The maximum atomic E-state index is 10.6. The van der Waals surface area contributed by atoms with Crippen molar-refractivity contribution in [3.63, 3.8) is 0 Å². The van der Waals surface area contributed by atoms with Gasteiger partial charge in [-0.2, -0.15) is 0 Å². The van der Waals surface area contributed by atoms with Gasteiger partial charge in [0.1, 0.15) is 5.78 Å². The molecule has 0 radical (unpaired) electrons. The van der Waals surface area contributed by atoms with Crippen molar-refractivity contribution in [2.75, 3.05) is 13.1 Å². The highest BCUT2D eigenvalue weighted by atomic mass is 16.1. The van der Waals surface area contributed by atoms with Crippen LogP contribution in [-0.2, 0) is 4.79 Å². The fraction of sp³-hybridized carbons (Fsp3) is 0.800. The summed E-state index contributed by atoms with van der Waals surface area (Å²) >= 11 is 0. The van der Waals surface area contributed by atoms with Crippen LogP contribution < -0.4 is 10.9 Å². The Kier molecular flexibility index (Phi) is 2.00. The van der Waals surface area contributed by atoms with Gasteiger partial charge < -0.3 is 0 Å². The molecular formula is C5H10N2O. The summed E-state index contributed by atoms with van der Waals surface area (Å²) in [6.07, 6.45) is 1.35. The van der Waals surface area contributed by atoms with Gasteiger partial charge in [0.25, 0.3) is 0 Å². The van der Waals surface area contributed by atoms with Crippen LogP contribution in [0.15, 0.2) is 0 Å². The summed E-state index contributed by atoms with van der Waals surface area (Å²) in [6.45, 7) is 1.55. The van der Waals surface area contributed by atoms with E-state index in [1.54, 1.807) is 0 Å². The molecule has 1 aliphatic heterocycles. The van der Waals surface area contributed by atoms with Gasteiger partial charge in [0.2, 0.25) is 0 Å². The Labute approximate surface area is 48.4 Å². The van der Waals surface area contributed by atoms with Crippen LogP contribution in [0.3, 0.4) is 0 Å². The molecule has 2 N–H and O–H groups in total. The average molecular weight is 114 g/mol. The van der Waals surface area contributed by atoms with E-state index in [1.165, 1.54) is 0 Å². The second-order valence-electron chi connectivity index (χ2n) is 1.89. The molecule has 1 aliphatic rings. The third-order valence-corrected chi connectivity index (χ3v) is 1.18. The van der Waals surface area contributed by atoms with Crippen LogP contribution in [0.1, 0.15) is 12.8 Å². The fourth-order valence-corrected chi connectivity index (χ4v) is 0.706. The summed E-state index contributed by atoms with van der Waals surface area (Å²) in [5, 5.41) is 0. The second kappa shape index (κ2) is 2.79. The third-order valence-electron chi connectivity index (χ3n) is 1.18. The van der Waals surface area contributed by atoms with Crippen molar-refractivity contribution in [2.24, 2.45) is 0 Å². The van der Waals surface area contributed by atoms with Crippen LogP contribution >= 0.6 is 0 Å². The zero-order valence-electron chi connectivity index (χ0n) is 4.74. The van der Waals surface area contributed by atoms with Crippen molar-refractivity contribution in [1.29, 1.82) is 0 Å². The van der Waals surface area contributed by atoms with Gasteiger partial charge in [0.15, 0.2) is 0 Å². The summed E-state index contributed by atoms with van der Waals surface area (Å²) in [6, 6.07) is 0. The van der Waals surface area contributed by atoms with Crippen LogP contribution in [-0.4, -0.2) is 18.9 Å². The molecule has 0 aromatic carbocycles. The van der Waals surface area contributed by atoms with E-state index < -0.39 is 0 Å². The molecule has 0 unspecified atom stereocenters. The Balaban J connectivity index is 2.27. The summed E-state index contributed by atoms with van der Waals surface area (Å²) in [7, 11) is 0. The fourth-order valence-electron chi connectivity index (χ4n) is 0.706. The van der Waals surface area contributed by atoms with Gasteiger partial charge in [-0.25, -0.2) is 0 Å². The molecule has 0 aromatic rings. The Hall–Kier alpha value is -0.410. The predicted molar refractivity (Wildman–Crippen MR) is 30.2 cm³/mol. The van der Waals surface area contributed by atoms with E-state index in [1.807, 2.05) is 0 Å². The smallest absolute Gasteiger partial charge is 0.135 e. The Morgan fingerprint density at radius 2 is 1.62 bits per heavy atom. The monoisotopic (exact) mass is 114 g/mol. The topological polar surface area (TPSA) is 41.1 Å². The van der Waals surface area contributed by atoms with Crippen molar-refractivity contribution >= 4 is 5.78 Å². The van der Waals surface area contributed by atoms with E-state index in [0.29, 0.717) is 18.6 Å². The molecule has 3 heteroatoms. The number of rotatable bonds is 0. The van der Waals surface area contributed by atoms with E-state index in [0.717, 1.165) is 13.1 Å². The van der Waals surface area contributed by atoms with Crippen molar-refractivity contribution in [3.05, 3.63) is 0 Å². The Morgan fingerprint density at radius 3 is 2.12 bits per heavy atom. The highest BCUT2D eigenvalue weighted by molar-refractivity contribution is 5.78. The van der Waals surface area contributed by atoms with Crippen LogP contribution in [0.25, 0.3) is 0 Å². The number of nitrogens with one attached hydrogen (secondary N) is 2. The first kappa shape index (κ1) is 5.72. The van der Waals surface area contributed by atoms with Gasteiger partial charge in [0.05, 0.1) is 0 Å². The van der Waals surface area contributed by atoms with Crippen LogP contribution in [0.5, 0.6) is 0 Å². The Bertz CT molecular complexity index is 82.4. The minimum atomic E-state index is 0.350. The SMILES string of the molecule is O=C1CCNNCC1. The highest BCUT2D eigenvalue weighted by Crippen LogP contribution is 1.88. The van der Waals surface area contributed by atoms with E-state index in [9.17, 15) is 4.79 Å². The number of Topliss-reactive ketones (excluding diaryl/α,β-unsaturated/α-hetero) is 1. The zero-order valence-corrected chi connectivity index (χ0v) is 4.74. The largest absolute Gasteiger partial charge is 0.300 e. The third kappa shape index (κ3) is 1.60. The van der Waals surface area contributed by atoms with Crippen LogP contribution in [0.2, 0.25) is 0 Å². The minimum Gasteiger partial charge on any atom is -0.300 e. The molecule has 0 aromatic heterocycles. The Morgan fingerprint density at radius 1 is 1.12 bits per heavy atom. The second-order valence-corrected chi connectivity index (χ2v) is 1.89. The maximum Gasteiger partial charge on any atom is 0.135 e. The minimum absolute atomic E-state index is 0.350. The van der Waals surface area contributed by atoms with Gasteiger partial charge in [0, 0.05) is 25.9 Å². The molecule has 0 saturated carbocycles. The number of hydrazine groups is 1. The van der Waals surface area contributed by atoms with Gasteiger partial charge in [-0.3, -0.25) is 15.6 Å². The molecule has 3 nitrogen and oxygen atoms in total. The number of carbonyl (C=O) groups is 1. The maximum absolute atomic E-state index is 10.6. The molecule has 1 rings (SSSR count). The molecule has 0 spiro atoms. The molecule has 1 saturated heterocycles. The molecule has 0 atom stereocenters. The lowest BCUT2D eigenvalue weighted by Crippen LogP contribution is -2.30. The lowest BCUT2D eigenvalue weighted by Gasteiger charge is -1.94. The standard InChI is InChI=1S/C5H10N2O/c8-5-1-3-6-7-4-2-5/h6-7H,1-4H2. The van der Waals surface area contributed by atoms with Crippen LogP contribution in [0.4, 0.5) is 0 Å². The lowest BCUT2D eigenvalue weighted by atomic mass is 10.2. The first-order chi connectivity index (χ1) is 3.89. The van der Waals surface area contributed by atoms with E-state index in [4.69, 9.17) is 0 Å². The van der Waals surface area contributed by atoms with Gasteiger partial charge in [-0.1, -0.05) is 0 Å². The number of hydrogen-bond acceptors (Lipinski definition) is 3. The van der Waals surface area contributed by atoms with Crippen molar-refractivity contribution in [2.45, 2.75) is 12.8 Å². The number of carbonyl (C=O) groups excluding carboxylic acids is 1. The first-order valence-corrected chi connectivity index (χ1v) is 2.87.